The molecule has 0 bridgehead atoms. The van der Waals surface area contributed by atoms with E-state index in [9.17, 15) is 18.0 Å². The third-order valence-electron chi connectivity index (χ3n) is 3.78. The average Bonchev–Trinajstić information content (AvgIpc) is 2.95. The summed E-state index contributed by atoms with van der Waals surface area (Å²) in [6.07, 6.45) is -1.09. The van der Waals surface area contributed by atoms with Gasteiger partial charge < -0.3 is 9.52 Å². The number of aromatic carboxylic acids is 1. The fourth-order valence-corrected chi connectivity index (χ4v) is 2.65. The molecule has 19 heavy (non-hydrogen) atoms. The van der Waals surface area contributed by atoms with Gasteiger partial charge in [0.05, 0.1) is 0 Å². The molecule has 0 radical (unpaired) electrons. The van der Waals surface area contributed by atoms with Crippen molar-refractivity contribution >= 4 is 5.97 Å². The van der Waals surface area contributed by atoms with Crippen molar-refractivity contribution in [3.05, 3.63) is 17.3 Å². The number of halogens is 3. The SMILES string of the molecule is CCC1(c2nc(C(F)(F)F)c(C(=O)O)o2)CCCC1. The van der Waals surface area contributed by atoms with E-state index in [4.69, 9.17) is 9.52 Å². The molecule has 1 aromatic rings. The monoisotopic (exact) mass is 277 g/mol. The molecule has 0 saturated heterocycles. The van der Waals surface area contributed by atoms with Crippen molar-refractivity contribution in [1.82, 2.24) is 4.98 Å². The Morgan fingerprint density at radius 1 is 1.42 bits per heavy atom. The molecule has 1 aliphatic rings. The quantitative estimate of drug-likeness (QED) is 0.916. The van der Waals surface area contributed by atoms with Crippen molar-refractivity contribution in [3.8, 4) is 0 Å². The Morgan fingerprint density at radius 3 is 2.37 bits per heavy atom. The van der Waals surface area contributed by atoms with Crippen LogP contribution in [0.3, 0.4) is 0 Å². The molecule has 0 aliphatic heterocycles. The molecule has 0 atom stereocenters. The van der Waals surface area contributed by atoms with Gasteiger partial charge in [0.1, 0.15) is 0 Å². The Morgan fingerprint density at radius 2 is 2.00 bits per heavy atom. The summed E-state index contributed by atoms with van der Waals surface area (Å²) in [4.78, 5) is 14.3. The molecule has 106 valence electrons. The number of carboxylic acid groups (broad SMARTS) is 1. The Kier molecular flexibility index (Phi) is 3.32. The highest BCUT2D eigenvalue weighted by molar-refractivity contribution is 5.85. The van der Waals surface area contributed by atoms with Crippen LogP contribution in [0.1, 0.15) is 61.2 Å². The van der Waals surface area contributed by atoms with E-state index in [0.29, 0.717) is 19.3 Å². The number of oxazole rings is 1. The van der Waals surface area contributed by atoms with Gasteiger partial charge in [-0.2, -0.15) is 13.2 Å². The fraction of sp³-hybridized carbons (Fsp3) is 0.667. The first-order chi connectivity index (χ1) is 8.80. The zero-order valence-electron chi connectivity index (χ0n) is 10.4. The second-order valence-electron chi connectivity index (χ2n) is 4.84. The predicted molar refractivity (Wildman–Crippen MR) is 58.9 cm³/mol. The molecule has 1 fully saturated rings. The van der Waals surface area contributed by atoms with E-state index in [1.165, 1.54) is 0 Å². The van der Waals surface area contributed by atoms with Crippen LogP contribution in [0.4, 0.5) is 13.2 Å². The van der Waals surface area contributed by atoms with Crippen molar-refractivity contribution < 1.29 is 27.5 Å². The largest absolute Gasteiger partial charge is 0.475 e. The van der Waals surface area contributed by atoms with Gasteiger partial charge in [0.25, 0.3) is 0 Å². The van der Waals surface area contributed by atoms with E-state index in [1.807, 2.05) is 6.92 Å². The lowest BCUT2D eigenvalue weighted by Crippen LogP contribution is -2.21. The van der Waals surface area contributed by atoms with Gasteiger partial charge in [-0.3, -0.25) is 0 Å². The highest BCUT2D eigenvalue weighted by Crippen LogP contribution is 2.45. The van der Waals surface area contributed by atoms with Crippen molar-refractivity contribution in [1.29, 1.82) is 0 Å². The van der Waals surface area contributed by atoms with Crippen LogP contribution >= 0.6 is 0 Å². The van der Waals surface area contributed by atoms with Crippen molar-refractivity contribution in [3.63, 3.8) is 0 Å². The summed E-state index contributed by atoms with van der Waals surface area (Å²) in [5.74, 6) is -2.94. The van der Waals surface area contributed by atoms with Crippen molar-refractivity contribution in [2.24, 2.45) is 0 Å². The zero-order valence-corrected chi connectivity index (χ0v) is 10.4. The van der Waals surface area contributed by atoms with Gasteiger partial charge in [-0.1, -0.05) is 19.8 Å². The molecule has 1 N–H and O–H groups in total. The molecular formula is C12H14F3NO3. The van der Waals surface area contributed by atoms with Crippen LogP contribution < -0.4 is 0 Å². The van der Waals surface area contributed by atoms with Crippen LogP contribution in [0.25, 0.3) is 0 Å². The average molecular weight is 277 g/mol. The Labute approximate surface area is 107 Å². The molecule has 1 heterocycles. The maximum absolute atomic E-state index is 12.8. The minimum absolute atomic E-state index is 0.0859. The molecule has 7 heteroatoms. The minimum atomic E-state index is -4.82. The highest BCUT2D eigenvalue weighted by Gasteiger charge is 2.45. The number of aromatic nitrogens is 1. The topological polar surface area (TPSA) is 63.3 Å². The number of carbonyl (C=O) groups is 1. The van der Waals surface area contributed by atoms with Gasteiger partial charge in [-0.25, -0.2) is 9.78 Å². The smallest absolute Gasteiger partial charge is 0.437 e. The first-order valence-electron chi connectivity index (χ1n) is 6.12. The summed E-state index contributed by atoms with van der Waals surface area (Å²) in [7, 11) is 0. The second-order valence-corrected chi connectivity index (χ2v) is 4.84. The second kappa shape index (κ2) is 4.54. The lowest BCUT2D eigenvalue weighted by Gasteiger charge is -2.22. The number of nitrogens with zero attached hydrogens (tertiary/aromatic N) is 1. The molecule has 0 aromatic carbocycles. The Balaban J connectivity index is 2.51. The van der Waals surface area contributed by atoms with Gasteiger partial charge in [0, 0.05) is 5.41 Å². The number of hydrogen-bond acceptors (Lipinski definition) is 3. The number of rotatable bonds is 3. The molecule has 1 aliphatic carbocycles. The first-order valence-corrected chi connectivity index (χ1v) is 6.12. The summed E-state index contributed by atoms with van der Waals surface area (Å²) in [5.41, 5.74) is -1.98. The van der Waals surface area contributed by atoms with Gasteiger partial charge in [-0.05, 0) is 19.3 Å². The summed E-state index contributed by atoms with van der Waals surface area (Å²) >= 11 is 0. The van der Waals surface area contributed by atoms with Gasteiger partial charge in [-0.15, -0.1) is 0 Å². The fourth-order valence-electron chi connectivity index (χ4n) is 2.65. The molecule has 1 saturated carbocycles. The molecule has 4 nitrogen and oxygen atoms in total. The normalized spacial score (nSPS) is 18.7. The highest BCUT2D eigenvalue weighted by atomic mass is 19.4. The van der Waals surface area contributed by atoms with Crippen LogP contribution in [0.5, 0.6) is 0 Å². The maximum atomic E-state index is 12.8. The lowest BCUT2D eigenvalue weighted by molar-refractivity contribution is -0.141. The molecule has 2 rings (SSSR count). The number of hydrogen-bond donors (Lipinski definition) is 1. The zero-order chi connectivity index (χ0) is 14.3. The third-order valence-corrected chi connectivity index (χ3v) is 3.78. The molecular weight excluding hydrogens is 263 g/mol. The van der Waals surface area contributed by atoms with Crippen LogP contribution in [-0.2, 0) is 11.6 Å². The van der Waals surface area contributed by atoms with Crippen LogP contribution in [0, 0.1) is 0 Å². The summed E-state index contributed by atoms with van der Waals surface area (Å²) in [6.45, 7) is 1.85. The van der Waals surface area contributed by atoms with E-state index in [2.05, 4.69) is 4.98 Å². The maximum Gasteiger partial charge on any atom is 0.437 e. The van der Waals surface area contributed by atoms with Crippen LogP contribution in [0.15, 0.2) is 4.42 Å². The molecule has 0 unspecified atom stereocenters. The van der Waals surface area contributed by atoms with Crippen LogP contribution in [0.2, 0.25) is 0 Å². The number of alkyl halides is 3. The Bertz CT molecular complexity index is 487. The lowest BCUT2D eigenvalue weighted by atomic mass is 9.83. The van der Waals surface area contributed by atoms with E-state index in [1.54, 1.807) is 0 Å². The van der Waals surface area contributed by atoms with E-state index in [0.717, 1.165) is 12.8 Å². The summed E-state index contributed by atoms with van der Waals surface area (Å²) in [5, 5.41) is 8.81. The predicted octanol–water partition coefficient (Wildman–Crippen LogP) is 3.61. The van der Waals surface area contributed by atoms with Gasteiger partial charge in [0.2, 0.25) is 11.7 Å². The van der Waals surface area contributed by atoms with E-state index < -0.39 is 29.0 Å². The van der Waals surface area contributed by atoms with E-state index >= 15 is 0 Å². The molecule has 0 spiro atoms. The number of carboxylic acids is 1. The molecule has 1 aromatic heterocycles. The summed E-state index contributed by atoms with van der Waals surface area (Å²) < 4.78 is 43.2. The Hall–Kier alpha value is -1.53. The van der Waals surface area contributed by atoms with Crippen molar-refractivity contribution in [2.45, 2.75) is 50.6 Å². The van der Waals surface area contributed by atoms with E-state index in [-0.39, 0.29) is 5.89 Å². The van der Waals surface area contributed by atoms with Gasteiger partial charge in [0.15, 0.2) is 5.69 Å². The standard InChI is InChI=1S/C12H14F3NO3/c1-2-11(5-3-4-6-11)10-16-8(12(13,14)15)7(19-10)9(17)18/h2-6H2,1H3,(H,17,18). The van der Waals surface area contributed by atoms with Crippen molar-refractivity contribution in [2.75, 3.05) is 0 Å². The van der Waals surface area contributed by atoms with Crippen LogP contribution in [-0.4, -0.2) is 16.1 Å². The summed E-state index contributed by atoms with van der Waals surface area (Å²) in [6, 6.07) is 0. The third kappa shape index (κ3) is 2.33. The molecule has 0 amide bonds. The first kappa shape index (κ1) is 13.9. The minimum Gasteiger partial charge on any atom is -0.475 e. The van der Waals surface area contributed by atoms with Gasteiger partial charge >= 0.3 is 12.1 Å².